The van der Waals surface area contributed by atoms with Crippen molar-refractivity contribution in [1.82, 2.24) is 10.2 Å². The Hall–Kier alpha value is -1.76. The van der Waals surface area contributed by atoms with E-state index in [0.29, 0.717) is 24.8 Å². The first-order chi connectivity index (χ1) is 11.7. The first-order valence-electron chi connectivity index (χ1n) is 8.54. The summed E-state index contributed by atoms with van der Waals surface area (Å²) in [7, 11) is 1.72. The molecule has 0 spiro atoms. The van der Waals surface area contributed by atoms with Crippen molar-refractivity contribution in [2.45, 2.75) is 39.1 Å². The average molecular weight is 358 g/mol. The van der Waals surface area contributed by atoms with Crippen LogP contribution in [-0.4, -0.2) is 37.3 Å². The number of hydrogen-bond donors (Lipinski definition) is 1. The number of benzene rings is 1. The Labute approximate surface area is 146 Å². The predicted molar refractivity (Wildman–Crippen MR) is 89.0 cm³/mol. The molecule has 0 radical (unpaired) electrons. The molecule has 25 heavy (non-hydrogen) atoms. The second kappa shape index (κ2) is 8.56. The lowest BCUT2D eigenvalue weighted by Gasteiger charge is -2.29. The van der Waals surface area contributed by atoms with E-state index in [1.165, 1.54) is 12.1 Å². The molecule has 7 heteroatoms. The van der Waals surface area contributed by atoms with E-state index in [1.54, 1.807) is 24.1 Å². The van der Waals surface area contributed by atoms with Crippen LogP contribution in [-0.2, 0) is 11.3 Å². The second-order valence-electron chi connectivity index (χ2n) is 6.71. The average Bonchev–Trinajstić information content (AvgIpc) is 2.56. The number of alkyl halides is 3. The fourth-order valence-corrected chi connectivity index (χ4v) is 3.17. The predicted octanol–water partition coefficient (Wildman–Crippen LogP) is 3.57. The molecule has 1 saturated heterocycles. The number of piperidine rings is 1. The minimum atomic E-state index is -4.70. The van der Waals surface area contributed by atoms with Crippen molar-refractivity contribution in [3.05, 3.63) is 29.8 Å². The summed E-state index contributed by atoms with van der Waals surface area (Å²) in [5.41, 5.74) is 0.764. The molecule has 1 atom stereocenters. The molecule has 2 rings (SSSR count). The van der Waals surface area contributed by atoms with Crippen LogP contribution in [0, 0.1) is 11.8 Å². The van der Waals surface area contributed by atoms with E-state index in [4.69, 9.17) is 0 Å². The first kappa shape index (κ1) is 19.6. The summed E-state index contributed by atoms with van der Waals surface area (Å²) in [5.74, 6) is 0.698. The molecule has 0 bridgehead atoms. The monoisotopic (exact) mass is 358 g/mol. The van der Waals surface area contributed by atoms with Gasteiger partial charge in [0.25, 0.3) is 0 Å². The van der Waals surface area contributed by atoms with E-state index >= 15 is 0 Å². The Balaban J connectivity index is 1.83. The number of ether oxygens (including phenoxy) is 1. The van der Waals surface area contributed by atoms with Gasteiger partial charge in [0, 0.05) is 20.0 Å². The molecular weight excluding hydrogens is 333 g/mol. The van der Waals surface area contributed by atoms with Crippen LogP contribution in [0.5, 0.6) is 5.75 Å². The van der Waals surface area contributed by atoms with E-state index in [-0.39, 0.29) is 11.7 Å². The van der Waals surface area contributed by atoms with Crippen LogP contribution in [0.25, 0.3) is 0 Å². The molecule has 0 saturated carbocycles. The van der Waals surface area contributed by atoms with Gasteiger partial charge in [-0.1, -0.05) is 19.1 Å². The maximum atomic E-state index is 12.4. The summed E-state index contributed by atoms with van der Waals surface area (Å²) in [6.45, 7) is 4.49. The molecule has 1 heterocycles. The summed E-state index contributed by atoms with van der Waals surface area (Å²) in [4.78, 5) is 14.0. The number of nitrogens with zero attached hydrogens (tertiary/aromatic N) is 1. The van der Waals surface area contributed by atoms with Gasteiger partial charge in [-0.3, -0.25) is 4.79 Å². The molecule has 1 unspecified atom stereocenters. The van der Waals surface area contributed by atoms with Gasteiger partial charge in [0.05, 0.1) is 0 Å². The van der Waals surface area contributed by atoms with E-state index in [9.17, 15) is 18.0 Å². The van der Waals surface area contributed by atoms with Crippen molar-refractivity contribution in [2.24, 2.45) is 11.8 Å². The summed E-state index contributed by atoms with van der Waals surface area (Å²) < 4.78 is 40.3. The summed E-state index contributed by atoms with van der Waals surface area (Å²) >= 11 is 0. The molecule has 1 aliphatic rings. The maximum Gasteiger partial charge on any atom is 0.573 e. The molecule has 1 aliphatic heterocycles. The van der Waals surface area contributed by atoms with Crippen LogP contribution in [0.1, 0.15) is 31.7 Å². The number of hydrogen-bond acceptors (Lipinski definition) is 3. The molecule has 1 N–H and O–H groups in total. The SMILES string of the molecule is CC(CC(=O)N(C)Cc1ccc(OC(F)(F)F)cc1)C1CCNCC1. The minimum Gasteiger partial charge on any atom is -0.406 e. The number of amides is 1. The van der Waals surface area contributed by atoms with Gasteiger partial charge in [0.1, 0.15) is 5.75 Å². The van der Waals surface area contributed by atoms with Crippen LogP contribution < -0.4 is 10.1 Å². The fourth-order valence-electron chi connectivity index (χ4n) is 3.17. The summed E-state index contributed by atoms with van der Waals surface area (Å²) in [5, 5.41) is 3.32. The number of carbonyl (C=O) groups is 1. The molecule has 140 valence electrons. The summed E-state index contributed by atoms with van der Waals surface area (Å²) in [6.07, 6.45) is -2.01. The standard InChI is InChI=1S/C18H25F3N2O2/c1-13(15-7-9-22-10-8-15)11-17(24)23(2)12-14-3-5-16(6-4-14)25-18(19,20)21/h3-6,13,15,22H,7-12H2,1-2H3. The van der Waals surface area contributed by atoms with Crippen LogP contribution >= 0.6 is 0 Å². The summed E-state index contributed by atoms with van der Waals surface area (Å²) in [6, 6.07) is 5.61. The van der Waals surface area contributed by atoms with Crippen LogP contribution in [0.2, 0.25) is 0 Å². The Kier molecular flexibility index (Phi) is 6.70. The van der Waals surface area contributed by atoms with Gasteiger partial charge in [-0.15, -0.1) is 13.2 Å². The molecule has 0 aromatic heterocycles. The van der Waals surface area contributed by atoms with Crippen LogP contribution in [0.4, 0.5) is 13.2 Å². The third kappa shape index (κ3) is 6.57. The normalized spacial score (nSPS) is 17.2. The highest BCUT2D eigenvalue weighted by atomic mass is 19.4. The highest BCUT2D eigenvalue weighted by Crippen LogP contribution is 2.25. The highest BCUT2D eigenvalue weighted by Gasteiger charge is 2.31. The smallest absolute Gasteiger partial charge is 0.406 e. The van der Waals surface area contributed by atoms with Gasteiger partial charge in [0.2, 0.25) is 5.91 Å². The van der Waals surface area contributed by atoms with Crippen molar-refractivity contribution in [2.75, 3.05) is 20.1 Å². The first-order valence-corrected chi connectivity index (χ1v) is 8.54. The van der Waals surface area contributed by atoms with Gasteiger partial charge >= 0.3 is 6.36 Å². The Morgan fingerprint density at radius 2 is 1.88 bits per heavy atom. The lowest BCUT2D eigenvalue weighted by Crippen LogP contribution is -2.34. The van der Waals surface area contributed by atoms with Crippen LogP contribution in [0.3, 0.4) is 0 Å². The van der Waals surface area contributed by atoms with E-state index < -0.39 is 6.36 Å². The Bertz CT molecular complexity index is 554. The zero-order chi connectivity index (χ0) is 18.4. The third-order valence-electron chi connectivity index (χ3n) is 4.69. The molecular formula is C18H25F3N2O2. The van der Waals surface area contributed by atoms with Crippen molar-refractivity contribution >= 4 is 5.91 Å². The van der Waals surface area contributed by atoms with E-state index in [1.807, 2.05) is 0 Å². The Morgan fingerprint density at radius 1 is 1.28 bits per heavy atom. The topological polar surface area (TPSA) is 41.6 Å². The largest absolute Gasteiger partial charge is 0.573 e. The maximum absolute atomic E-state index is 12.4. The lowest BCUT2D eigenvalue weighted by atomic mass is 9.84. The van der Waals surface area contributed by atoms with Gasteiger partial charge in [-0.25, -0.2) is 0 Å². The minimum absolute atomic E-state index is 0.0571. The zero-order valence-electron chi connectivity index (χ0n) is 14.6. The molecule has 1 aromatic carbocycles. The van der Waals surface area contributed by atoms with Gasteiger partial charge in [-0.05, 0) is 55.5 Å². The van der Waals surface area contributed by atoms with Gasteiger partial charge in [0.15, 0.2) is 0 Å². The second-order valence-corrected chi connectivity index (χ2v) is 6.71. The molecule has 1 aromatic rings. The zero-order valence-corrected chi connectivity index (χ0v) is 14.6. The quantitative estimate of drug-likeness (QED) is 0.845. The number of carbonyl (C=O) groups excluding carboxylic acids is 1. The molecule has 1 amide bonds. The fraction of sp³-hybridized carbons (Fsp3) is 0.611. The number of halogens is 3. The number of nitrogens with one attached hydrogen (secondary N) is 1. The van der Waals surface area contributed by atoms with Gasteiger partial charge in [-0.2, -0.15) is 0 Å². The van der Waals surface area contributed by atoms with Crippen molar-refractivity contribution < 1.29 is 22.7 Å². The highest BCUT2D eigenvalue weighted by molar-refractivity contribution is 5.76. The van der Waals surface area contributed by atoms with Gasteiger partial charge < -0.3 is 15.0 Å². The lowest BCUT2D eigenvalue weighted by molar-refractivity contribution is -0.274. The molecule has 1 fully saturated rings. The van der Waals surface area contributed by atoms with E-state index in [2.05, 4.69) is 17.0 Å². The molecule has 0 aliphatic carbocycles. The molecule has 4 nitrogen and oxygen atoms in total. The van der Waals surface area contributed by atoms with E-state index in [0.717, 1.165) is 31.5 Å². The third-order valence-corrected chi connectivity index (χ3v) is 4.69. The van der Waals surface area contributed by atoms with Crippen LogP contribution in [0.15, 0.2) is 24.3 Å². The van der Waals surface area contributed by atoms with Crippen molar-refractivity contribution in [3.63, 3.8) is 0 Å². The van der Waals surface area contributed by atoms with Crippen molar-refractivity contribution in [1.29, 1.82) is 0 Å². The Morgan fingerprint density at radius 3 is 2.44 bits per heavy atom. The van der Waals surface area contributed by atoms with Crippen molar-refractivity contribution in [3.8, 4) is 5.75 Å². The number of rotatable bonds is 6.